The molecule has 0 aromatic heterocycles. The quantitative estimate of drug-likeness (QED) is 0.490. The van der Waals surface area contributed by atoms with Crippen LogP contribution in [0.5, 0.6) is 0 Å². The summed E-state index contributed by atoms with van der Waals surface area (Å²) in [5.74, 6) is 1.09. The van der Waals surface area contributed by atoms with Crippen LogP contribution in [0.2, 0.25) is 0 Å². The number of nitrogens with one attached hydrogen (secondary N) is 1. The summed E-state index contributed by atoms with van der Waals surface area (Å²) in [6.45, 7) is 3.33. The second-order valence-electron chi connectivity index (χ2n) is 1.43. The summed E-state index contributed by atoms with van der Waals surface area (Å²) in [5, 5.41) is 3.25. The molecule has 3 heteroatoms. The van der Waals surface area contributed by atoms with E-state index in [9.17, 15) is 0 Å². The first kappa shape index (κ1) is 11.4. The lowest BCUT2D eigenvalue weighted by atomic mass is 10.5. The van der Waals surface area contributed by atoms with Crippen LogP contribution < -0.4 is 5.32 Å². The van der Waals surface area contributed by atoms with Gasteiger partial charge in [0, 0.05) is 5.88 Å². The Bertz CT molecular complexity index is 31.6. The first-order valence-corrected chi connectivity index (χ1v) is 4.00. The van der Waals surface area contributed by atoms with E-state index in [1.165, 1.54) is 6.42 Å². The molecule has 0 bridgehead atoms. The molecule has 0 aliphatic heterocycles. The second kappa shape index (κ2) is 10.6. The molecule has 52 valence electrons. The maximum absolute atomic E-state index is 3.25. The van der Waals surface area contributed by atoms with E-state index in [-0.39, 0.29) is 12.4 Å². The first-order chi connectivity index (χ1) is 3.41. The summed E-state index contributed by atoms with van der Waals surface area (Å²) in [6.07, 6.45) is 3.34. The normalized spacial score (nSPS) is 8.25. The highest BCUT2D eigenvalue weighted by Gasteiger charge is 1.76. The van der Waals surface area contributed by atoms with Crippen LogP contribution in [-0.2, 0) is 0 Å². The van der Waals surface area contributed by atoms with Crippen molar-refractivity contribution >= 4 is 24.2 Å². The summed E-state index contributed by atoms with van der Waals surface area (Å²) in [7, 11) is 0. The molecular weight excluding hydrogens is 142 g/mol. The lowest BCUT2D eigenvalue weighted by Gasteiger charge is -1.95. The monoisotopic (exact) mass is 155 g/mol. The summed E-state index contributed by atoms with van der Waals surface area (Å²) in [6, 6.07) is 0. The van der Waals surface area contributed by atoms with E-state index in [1.807, 2.05) is 11.8 Å². The molecule has 0 saturated heterocycles. The number of hydrogen-bond donors (Lipinski definition) is 1. The van der Waals surface area contributed by atoms with Crippen molar-refractivity contribution in [1.82, 2.24) is 5.32 Å². The minimum absolute atomic E-state index is 0. The molecule has 0 radical (unpaired) electrons. The van der Waals surface area contributed by atoms with Crippen LogP contribution in [-0.4, -0.2) is 18.7 Å². The van der Waals surface area contributed by atoms with E-state index in [2.05, 4.69) is 18.5 Å². The van der Waals surface area contributed by atoms with Crippen molar-refractivity contribution < 1.29 is 0 Å². The summed E-state index contributed by atoms with van der Waals surface area (Å²) in [4.78, 5) is 0. The molecule has 1 nitrogen and oxygen atoms in total. The Labute approximate surface area is 62.0 Å². The van der Waals surface area contributed by atoms with E-state index in [0.717, 1.165) is 12.4 Å². The zero-order valence-corrected chi connectivity index (χ0v) is 7.07. The van der Waals surface area contributed by atoms with Gasteiger partial charge in [0.2, 0.25) is 0 Å². The van der Waals surface area contributed by atoms with Gasteiger partial charge in [0.15, 0.2) is 0 Å². The maximum Gasteiger partial charge on any atom is 0.0415 e. The predicted octanol–water partition coefficient (Wildman–Crippen LogP) is 1.73. The van der Waals surface area contributed by atoms with Gasteiger partial charge < -0.3 is 5.32 Å². The van der Waals surface area contributed by atoms with Crippen molar-refractivity contribution in [2.45, 2.75) is 13.3 Å². The molecule has 0 fully saturated rings. The van der Waals surface area contributed by atoms with Crippen LogP contribution in [0, 0.1) is 0 Å². The third kappa shape index (κ3) is 9.78. The molecule has 8 heavy (non-hydrogen) atoms. The van der Waals surface area contributed by atoms with Gasteiger partial charge in [-0.3, -0.25) is 0 Å². The Morgan fingerprint density at radius 1 is 1.50 bits per heavy atom. The second-order valence-corrected chi connectivity index (χ2v) is 2.30. The molecule has 0 spiro atoms. The van der Waals surface area contributed by atoms with E-state index < -0.39 is 0 Å². The molecule has 1 N–H and O–H groups in total. The van der Waals surface area contributed by atoms with Crippen LogP contribution in [0.15, 0.2) is 0 Å². The minimum atomic E-state index is 0. The van der Waals surface area contributed by atoms with Gasteiger partial charge >= 0.3 is 0 Å². The topological polar surface area (TPSA) is 12.0 Å². The van der Waals surface area contributed by atoms with E-state index in [0.29, 0.717) is 0 Å². The van der Waals surface area contributed by atoms with Gasteiger partial charge in [0.25, 0.3) is 0 Å². The smallest absolute Gasteiger partial charge is 0.0415 e. The average Bonchev–Trinajstić information content (AvgIpc) is 1.69. The first-order valence-electron chi connectivity index (χ1n) is 2.61. The molecule has 0 heterocycles. The molecular formula is C5H14ClNS. The number of thioether (sulfide) groups is 1. The molecule has 0 aromatic rings. The van der Waals surface area contributed by atoms with Gasteiger partial charge in [-0.05, 0) is 19.2 Å². The Hall–Kier alpha value is 0.600. The lowest BCUT2D eigenvalue weighted by Crippen LogP contribution is -2.12. The molecule has 0 rings (SSSR count). The lowest BCUT2D eigenvalue weighted by molar-refractivity contribution is 0.757. The van der Waals surface area contributed by atoms with Crippen molar-refractivity contribution in [3.63, 3.8) is 0 Å². The average molecular weight is 156 g/mol. The third-order valence-electron chi connectivity index (χ3n) is 0.673. The Morgan fingerprint density at radius 3 is 2.50 bits per heavy atom. The van der Waals surface area contributed by atoms with E-state index in [4.69, 9.17) is 0 Å². The Morgan fingerprint density at radius 2 is 2.12 bits per heavy atom. The Kier molecular flexibility index (Phi) is 15.0. The Balaban J connectivity index is 0. The highest BCUT2D eigenvalue weighted by atomic mass is 35.5. The zero-order valence-electron chi connectivity index (χ0n) is 5.44. The standard InChI is InChI=1S/C5H13NS.ClH/c1-3-4-6-5-7-2;/h6H,3-5H2,1-2H3;1H. The number of halogens is 1. The van der Waals surface area contributed by atoms with Crippen LogP contribution in [0.1, 0.15) is 13.3 Å². The fourth-order valence-corrected chi connectivity index (χ4v) is 0.699. The summed E-state index contributed by atoms with van der Waals surface area (Å²) in [5.41, 5.74) is 0. The highest BCUT2D eigenvalue weighted by Crippen LogP contribution is 1.84. The molecule has 0 unspecified atom stereocenters. The fourth-order valence-electron chi connectivity index (χ4n) is 0.351. The molecule has 0 aliphatic carbocycles. The largest absolute Gasteiger partial charge is 0.308 e. The van der Waals surface area contributed by atoms with Gasteiger partial charge in [0.05, 0.1) is 0 Å². The molecule has 0 atom stereocenters. The van der Waals surface area contributed by atoms with Crippen LogP contribution in [0.4, 0.5) is 0 Å². The molecule has 0 amide bonds. The number of hydrogen-bond acceptors (Lipinski definition) is 2. The summed E-state index contributed by atoms with van der Waals surface area (Å²) >= 11 is 1.83. The van der Waals surface area contributed by atoms with Crippen molar-refractivity contribution in [2.75, 3.05) is 18.7 Å². The van der Waals surface area contributed by atoms with Crippen molar-refractivity contribution in [2.24, 2.45) is 0 Å². The fraction of sp³-hybridized carbons (Fsp3) is 1.00. The van der Waals surface area contributed by atoms with Crippen LogP contribution in [0.3, 0.4) is 0 Å². The molecule has 0 aliphatic rings. The zero-order chi connectivity index (χ0) is 5.54. The SMILES string of the molecule is CCCNCSC.Cl. The highest BCUT2D eigenvalue weighted by molar-refractivity contribution is 7.98. The molecule has 0 saturated carbocycles. The predicted molar refractivity (Wildman–Crippen MR) is 43.9 cm³/mol. The van der Waals surface area contributed by atoms with Gasteiger partial charge in [-0.15, -0.1) is 24.2 Å². The van der Waals surface area contributed by atoms with Crippen LogP contribution in [0.25, 0.3) is 0 Å². The van der Waals surface area contributed by atoms with Crippen molar-refractivity contribution in [1.29, 1.82) is 0 Å². The maximum atomic E-state index is 3.25. The third-order valence-corrected chi connectivity index (χ3v) is 1.17. The van der Waals surface area contributed by atoms with E-state index in [1.54, 1.807) is 0 Å². The van der Waals surface area contributed by atoms with Gasteiger partial charge in [-0.25, -0.2) is 0 Å². The minimum Gasteiger partial charge on any atom is -0.308 e. The van der Waals surface area contributed by atoms with Crippen LogP contribution >= 0.6 is 24.2 Å². The van der Waals surface area contributed by atoms with Crippen molar-refractivity contribution in [3.8, 4) is 0 Å². The van der Waals surface area contributed by atoms with Gasteiger partial charge in [-0.1, -0.05) is 6.92 Å². The van der Waals surface area contributed by atoms with Gasteiger partial charge in [0.1, 0.15) is 0 Å². The van der Waals surface area contributed by atoms with Gasteiger partial charge in [-0.2, -0.15) is 0 Å². The number of rotatable bonds is 4. The molecule has 0 aromatic carbocycles. The van der Waals surface area contributed by atoms with Crippen molar-refractivity contribution in [3.05, 3.63) is 0 Å². The van der Waals surface area contributed by atoms with E-state index >= 15 is 0 Å². The summed E-state index contributed by atoms with van der Waals surface area (Å²) < 4.78 is 0.